The second-order valence-corrected chi connectivity index (χ2v) is 5.47. The van der Waals surface area contributed by atoms with E-state index >= 15 is 0 Å². The van der Waals surface area contributed by atoms with Gasteiger partial charge in [0.25, 0.3) is 0 Å². The van der Waals surface area contributed by atoms with Gasteiger partial charge in [-0.3, -0.25) is 4.79 Å². The van der Waals surface area contributed by atoms with Gasteiger partial charge in [0.2, 0.25) is 5.78 Å². The topological polar surface area (TPSA) is 45.8 Å². The zero-order valence-electron chi connectivity index (χ0n) is 11.2. The van der Waals surface area contributed by atoms with E-state index < -0.39 is 0 Å². The van der Waals surface area contributed by atoms with E-state index in [1.807, 2.05) is 24.3 Å². The number of carbonyl (C=O) groups excluding carboxylic acids is 1. The van der Waals surface area contributed by atoms with Crippen LogP contribution in [0.1, 0.15) is 28.5 Å². The molecular formula is C17H13FN2O. The van der Waals surface area contributed by atoms with Gasteiger partial charge in [-0.1, -0.05) is 24.3 Å². The first-order chi connectivity index (χ1) is 10.2. The van der Waals surface area contributed by atoms with Gasteiger partial charge >= 0.3 is 0 Å². The van der Waals surface area contributed by atoms with E-state index in [1.165, 1.54) is 12.1 Å². The van der Waals surface area contributed by atoms with Crippen LogP contribution in [0.25, 0.3) is 11.0 Å². The number of nitrogens with zero attached hydrogens (tertiary/aromatic N) is 1. The molecule has 1 N–H and O–H groups in total. The Balaban J connectivity index is 1.57. The Morgan fingerprint density at radius 1 is 1.14 bits per heavy atom. The summed E-state index contributed by atoms with van der Waals surface area (Å²) in [5.74, 6) is 0.355. The van der Waals surface area contributed by atoms with Gasteiger partial charge in [-0.15, -0.1) is 0 Å². The maximum absolute atomic E-state index is 12.9. The Labute approximate surface area is 120 Å². The number of hydrogen-bond donors (Lipinski definition) is 1. The fourth-order valence-electron chi connectivity index (χ4n) is 2.81. The number of hydrogen-bond acceptors (Lipinski definition) is 2. The summed E-state index contributed by atoms with van der Waals surface area (Å²) >= 11 is 0. The highest BCUT2D eigenvalue weighted by Crippen LogP contribution is 2.48. The molecule has 4 heteroatoms. The number of benzene rings is 2. The van der Waals surface area contributed by atoms with Crippen molar-refractivity contribution < 1.29 is 9.18 Å². The van der Waals surface area contributed by atoms with E-state index in [1.54, 1.807) is 12.1 Å². The number of fused-ring (bicyclic) bond motifs is 1. The first kappa shape index (κ1) is 12.3. The first-order valence-electron chi connectivity index (χ1n) is 6.97. The predicted molar refractivity (Wildman–Crippen MR) is 77.7 cm³/mol. The fourth-order valence-corrected chi connectivity index (χ4v) is 2.81. The Bertz CT molecular complexity index is 789. The van der Waals surface area contributed by atoms with Crippen LogP contribution in [0.2, 0.25) is 0 Å². The molecule has 1 fully saturated rings. The van der Waals surface area contributed by atoms with E-state index in [4.69, 9.17) is 0 Å². The standard InChI is InChI=1S/C17H13FN2O/c18-11-7-5-10(6-8-11)12-9-13(12)16(21)17-19-14-3-1-2-4-15(14)20-17/h1-8,12-13H,9H2,(H,19,20)/t12-,13-/m1/s1. The van der Waals surface area contributed by atoms with Crippen LogP contribution in [0.15, 0.2) is 48.5 Å². The van der Waals surface area contributed by atoms with Gasteiger partial charge in [0.1, 0.15) is 5.82 Å². The van der Waals surface area contributed by atoms with Gasteiger partial charge < -0.3 is 4.98 Å². The zero-order chi connectivity index (χ0) is 14.4. The molecule has 4 rings (SSSR count). The molecule has 2 atom stereocenters. The van der Waals surface area contributed by atoms with Crippen LogP contribution in [0.4, 0.5) is 4.39 Å². The summed E-state index contributed by atoms with van der Waals surface area (Å²) in [4.78, 5) is 19.9. The van der Waals surface area contributed by atoms with E-state index in [0.717, 1.165) is 23.0 Å². The number of carbonyl (C=O) groups is 1. The van der Waals surface area contributed by atoms with Gasteiger partial charge in [0.05, 0.1) is 11.0 Å². The van der Waals surface area contributed by atoms with Crippen LogP contribution >= 0.6 is 0 Å². The minimum Gasteiger partial charge on any atom is -0.335 e. The summed E-state index contributed by atoms with van der Waals surface area (Å²) in [6.45, 7) is 0. The van der Waals surface area contributed by atoms with Gasteiger partial charge in [0, 0.05) is 5.92 Å². The molecule has 1 saturated carbocycles. The van der Waals surface area contributed by atoms with Crippen molar-refractivity contribution in [2.45, 2.75) is 12.3 Å². The maximum Gasteiger partial charge on any atom is 0.201 e. The number of H-pyrrole nitrogens is 1. The SMILES string of the molecule is O=C(c1nc2ccccc2[nH]1)[C@@H]1C[C@@H]1c1ccc(F)cc1. The number of Topliss-reactive ketones (excluding diaryl/α,β-unsaturated/α-hetero) is 1. The largest absolute Gasteiger partial charge is 0.335 e. The predicted octanol–water partition coefficient (Wildman–Crippen LogP) is 3.69. The second-order valence-electron chi connectivity index (χ2n) is 5.47. The third kappa shape index (κ3) is 2.13. The molecule has 0 radical (unpaired) electrons. The lowest BCUT2D eigenvalue weighted by atomic mass is 10.1. The highest BCUT2D eigenvalue weighted by Gasteiger charge is 2.45. The molecule has 0 bridgehead atoms. The molecular weight excluding hydrogens is 267 g/mol. The second kappa shape index (κ2) is 4.52. The van der Waals surface area contributed by atoms with Crippen molar-refractivity contribution in [3.63, 3.8) is 0 Å². The molecule has 21 heavy (non-hydrogen) atoms. The average molecular weight is 280 g/mol. The smallest absolute Gasteiger partial charge is 0.201 e. The Morgan fingerprint density at radius 3 is 2.67 bits per heavy atom. The number of ketones is 1. The zero-order valence-corrected chi connectivity index (χ0v) is 11.2. The van der Waals surface area contributed by atoms with Crippen molar-refractivity contribution in [1.29, 1.82) is 0 Å². The van der Waals surface area contributed by atoms with Gasteiger partial charge in [0.15, 0.2) is 5.82 Å². The number of aromatic nitrogens is 2. The monoisotopic (exact) mass is 280 g/mol. The first-order valence-corrected chi connectivity index (χ1v) is 6.97. The molecule has 1 heterocycles. The Kier molecular flexibility index (Phi) is 2.64. The van der Waals surface area contributed by atoms with Crippen LogP contribution in [-0.2, 0) is 0 Å². The number of aromatic amines is 1. The summed E-state index contributed by atoms with van der Waals surface area (Å²) in [6.07, 6.45) is 0.807. The Morgan fingerprint density at radius 2 is 1.90 bits per heavy atom. The van der Waals surface area contributed by atoms with Crippen molar-refractivity contribution in [3.05, 3.63) is 65.7 Å². The molecule has 3 nitrogen and oxygen atoms in total. The van der Waals surface area contributed by atoms with Crippen LogP contribution in [0.3, 0.4) is 0 Å². The van der Waals surface area contributed by atoms with Crippen LogP contribution in [0, 0.1) is 11.7 Å². The molecule has 1 aliphatic carbocycles. The van der Waals surface area contributed by atoms with Gasteiger partial charge in [-0.05, 0) is 42.2 Å². The lowest BCUT2D eigenvalue weighted by Gasteiger charge is -1.99. The third-order valence-electron chi connectivity index (χ3n) is 4.05. The van der Waals surface area contributed by atoms with Crippen LogP contribution in [0.5, 0.6) is 0 Å². The molecule has 1 aromatic heterocycles. The minimum absolute atomic E-state index is 0.0422. The van der Waals surface area contributed by atoms with Crippen molar-refractivity contribution in [3.8, 4) is 0 Å². The Hall–Kier alpha value is -2.49. The molecule has 0 saturated heterocycles. The number of imidazole rings is 1. The summed E-state index contributed by atoms with van der Waals surface area (Å²) in [5.41, 5.74) is 2.70. The molecule has 104 valence electrons. The van der Waals surface area contributed by atoms with E-state index in [2.05, 4.69) is 9.97 Å². The summed E-state index contributed by atoms with van der Waals surface area (Å²) < 4.78 is 12.9. The molecule has 0 unspecified atom stereocenters. The molecule has 0 spiro atoms. The molecule has 3 aromatic rings. The van der Waals surface area contributed by atoms with Gasteiger partial charge in [-0.2, -0.15) is 0 Å². The van der Waals surface area contributed by atoms with E-state index in [9.17, 15) is 9.18 Å². The lowest BCUT2D eigenvalue weighted by Crippen LogP contribution is -2.05. The van der Waals surface area contributed by atoms with Crippen LogP contribution in [-0.4, -0.2) is 15.8 Å². The summed E-state index contributed by atoms with van der Waals surface area (Å²) in [5, 5.41) is 0. The highest BCUT2D eigenvalue weighted by atomic mass is 19.1. The quantitative estimate of drug-likeness (QED) is 0.744. The lowest BCUT2D eigenvalue weighted by molar-refractivity contribution is 0.0956. The molecule has 0 aliphatic heterocycles. The summed E-state index contributed by atoms with van der Waals surface area (Å²) in [7, 11) is 0. The molecule has 0 amide bonds. The minimum atomic E-state index is -0.250. The average Bonchev–Trinajstić information content (AvgIpc) is 3.18. The van der Waals surface area contributed by atoms with Crippen LogP contribution < -0.4 is 0 Å². The summed E-state index contributed by atoms with van der Waals surface area (Å²) in [6, 6.07) is 14.0. The number of para-hydroxylation sites is 2. The highest BCUT2D eigenvalue weighted by molar-refractivity contribution is 5.99. The fraction of sp³-hybridized carbons (Fsp3) is 0.176. The van der Waals surface area contributed by atoms with Gasteiger partial charge in [-0.25, -0.2) is 9.37 Å². The molecule has 2 aromatic carbocycles. The van der Waals surface area contributed by atoms with Crippen molar-refractivity contribution in [1.82, 2.24) is 9.97 Å². The molecule has 1 aliphatic rings. The number of rotatable bonds is 3. The van der Waals surface area contributed by atoms with Crippen molar-refractivity contribution in [2.24, 2.45) is 5.92 Å². The van der Waals surface area contributed by atoms with Crippen molar-refractivity contribution in [2.75, 3.05) is 0 Å². The van der Waals surface area contributed by atoms with E-state index in [-0.39, 0.29) is 23.4 Å². The normalized spacial score (nSPS) is 20.6. The number of halogens is 1. The maximum atomic E-state index is 12.9. The third-order valence-corrected chi connectivity index (χ3v) is 4.05. The van der Waals surface area contributed by atoms with Crippen molar-refractivity contribution >= 4 is 16.8 Å². The number of nitrogens with one attached hydrogen (secondary N) is 1. The van der Waals surface area contributed by atoms with E-state index in [0.29, 0.717) is 5.82 Å².